The molecule has 8 atom stereocenters. The molecule has 8 aliphatic heterocycles. The lowest BCUT2D eigenvalue weighted by atomic mass is 9.65. The number of halogens is 4. The normalized spacial score (nSPS) is 25.4. The largest absolute Gasteiger partial charge is 0.481 e. The minimum Gasteiger partial charge on any atom is -0.481 e. The molecule has 14 heterocycles. The lowest BCUT2D eigenvalue weighted by Gasteiger charge is -2.52. The van der Waals surface area contributed by atoms with E-state index >= 15 is 0 Å². The van der Waals surface area contributed by atoms with Gasteiger partial charge in [-0.1, -0.05) is 119 Å². The van der Waals surface area contributed by atoms with Crippen molar-refractivity contribution in [2.75, 3.05) is 159 Å². The Balaban J connectivity index is 0.000000120. The molecule has 6 aromatic heterocycles. The molecular formula is C116H144Cl4N20O7S2. The number of aliphatic hydroxyl groups excluding tert-OH is 1. The molecule has 0 unspecified atom stereocenters. The SMILES string of the molecule is Cc1ccc([C@@H](C)Nc2nc(N3CC([C@H]4CCCN(C5CC(C)(C(=O)O)C5)C4)C3)nc3ccccc23)c(Cl)c1.Cc1ccc([C@@H](C)Nc2nc(N3CC([C@H]4CCCN(C5CC(C)(C(=O)O)C5)C4)C3)nc3ccsc23)c(Cl)c1.Cc1ccc([C@@H](C)Nc2nc(N3CC([C@H]4CCCN(C5CC(C)(C(=O)O)C5)C4)C3)nc3sccc23)c(Cl)c1.Cc1ccc([C@@H](C)Nc2nc(N3CC([C@H]4CCCN(CCO)C4)C3)nc3ccccc23)c(Cl)c1. The van der Waals surface area contributed by atoms with Gasteiger partial charge in [0, 0.05) is 134 Å². The summed E-state index contributed by atoms with van der Waals surface area (Å²) in [6, 6.07) is 46.5. The van der Waals surface area contributed by atoms with Crippen molar-refractivity contribution in [2.45, 2.75) is 208 Å². The predicted molar refractivity (Wildman–Crippen MR) is 605 cm³/mol. The molecule has 12 aromatic rings. The van der Waals surface area contributed by atoms with E-state index in [1.807, 2.05) is 90.1 Å². The second-order valence-electron chi connectivity index (χ2n) is 45.9. The molecular weight excluding hydrogens is 1990 g/mol. The third-order valence-corrected chi connectivity index (χ3v) is 37.8. The van der Waals surface area contributed by atoms with Crippen LogP contribution < -0.4 is 40.9 Å². The van der Waals surface area contributed by atoms with Gasteiger partial charge in [-0.15, -0.1) is 22.7 Å². The number of para-hydroxylation sites is 2. The predicted octanol–water partition coefficient (Wildman–Crippen LogP) is 23.5. The fraction of sp³-hybridized carbons (Fsp3) is 0.526. The number of aryl methyl sites for hydroxylation is 4. The molecule has 149 heavy (non-hydrogen) atoms. The summed E-state index contributed by atoms with van der Waals surface area (Å²) in [5.74, 6) is 9.81. The van der Waals surface area contributed by atoms with Crippen molar-refractivity contribution in [2.24, 2.45) is 63.6 Å². The van der Waals surface area contributed by atoms with Crippen LogP contribution in [0.25, 0.3) is 42.2 Å². The minimum atomic E-state index is -0.650. The van der Waals surface area contributed by atoms with E-state index in [0.29, 0.717) is 65.5 Å². The summed E-state index contributed by atoms with van der Waals surface area (Å²) in [7, 11) is 0. The van der Waals surface area contributed by atoms with Gasteiger partial charge in [0.2, 0.25) is 23.8 Å². The number of hydrogen-bond acceptors (Lipinski definition) is 26. The first-order chi connectivity index (χ1) is 71.6. The first-order valence-electron chi connectivity index (χ1n) is 54.0. The maximum absolute atomic E-state index is 11.5. The van der Waals surface area contributed by atoms with E-state index in [4.69, 9.17) is 86.3 Å². The molecule has 8 saturated heterocycles. The van der Waals surface area contributed by atoms with Crippen LogP contribution in [0.1, 0.15) is 207 Å². The van der Waals surface area contributed by atoms with Crippen molar-refractivity contribution in [3.05, 3.63) is 209 Å². The number of nitrogens with one attached hydrogen (secondary N) is 4. The molecule has 27 nitrogen and oxygen atoms in total. The smallest absolute Gasteiger partial charge is 0.309 e. The number of carbonyl (C=O) groups is 3. The van der Waals surface area contributed by atoms with Crippen LogP contribution in [0.5, 0.6) is 0 Å². The van der Waals surface area contributed by atoms with Gasteiger partial charge in [-0.25, -0.2) is 19.9 Å². The lowest BCUT2D eigenvalue weighted by molar-refractivity contribution is -0.159. The van der Waals surface area contributed by atoms with Crippen LogP contribution in [0.2, 0.25) is 20.1 Å². The Morgan fingerprint density at radius 3 is 1.02 bits per heavy atom. The fourth-order valence-corrected chi connectivity index (χ4v) is 28.2. The second kappa shape index (κ2) is 44.9. The number of aliphatic hydroxyl groups is 1. The van der Waals surface area contributed by atoms with Gasteiger partial charge in [0.15, 0.2) is 0 Å². The van der Waals surface area contributed by atoms with Crippen molar-refractivity contribution >= 4 is 176 Å². The molecule has 790 valence electrons. The highest BCUT2D eigenvalue weighted by molar-refractivity contribution is 7.17. The number of hydrogen-bond donors (Lipinski definition) is 8. The van der Waals surface area contributed by atoms with E-state index in [-0.39, 0.29) is 30.8 Å². The maximum atomic E-state index is 11.5. The standard InChI is InChI=1S/C31H38ClN5O2.2C29H36ClN5O2S.C27H34ClN5O/c1-19-10-11-24(26(32)13-19)20(2)33-28-25-8-4-5-9-27(25)34-30(35-28)37-17-22(18-37)21-7-6-12-36(16-21)23-14-31(3,15-23)29(38)39;1-17-6-7-22(23(30)11-17)18(2)31-26-25-24(8-10-38-25)32-28(33-26)35-15-20(16-35)19-5-4-9-34(14-19)21-12-29(3,13-21)27(36)37;1-17-6-7-22(24(30)11-17)18(2)31-25-23-8-10-38-26(23)33-28(32-25)35-15-20(16-35)19-5-4-9-34(14-19)21-12-29(3,13-21)27(36)37;1-18-9-10-22(24(28)14-18)19(2)29-26-23-7-3-4-8-25(23)30-27(31-26)33-16-21(17-33)20-6-5-11-32(15-20)12-13-34/h4-5,8-11,13,20-23H,6-7,12,14-18H2,1-3H3,(H,38,39)(H,33,34,35);2*6-8,10-11,18-21H,4-5,9,12-16H2,1-3H3,(H,36,37)(H,31,32,33);3-4,7-10,14,19-21,34H,5-6,11-13,15-17H2,1-2H3,(H,29,30,31)/t20-,21+,23?,31?;2*18-,19+,21?,29?;19-,20+/m1111/s1. The van der Waals surface area contributed by atoms with Gasteiger partial charge in [-0.2, -0.15) is 19.9 Å². The van der Waals surface area contributed by atoms with Crippen molar-refractivity contribution in [1.82, 2.24) is 59.5 Å². The molecule has 3 aliphatic carbocycles. The van der Waals surface area contributed by atoms with Gasteiger partial charge < -0.3 is 80.9 Å². The first kappa shape index (κ1) is 106. The number of benzene rings is 6. The number of nitrogens with zero attached hydrogens (tertiary/aromatic N) is 16. The molecule has 23 rings (SSSR count). The molecule has 0 amide bonds. The molecule has 11 fully saturated rings. The van der Waals surface area contributed by atoms with Gasteiger partial charge in [0.25, 0.3) is 0 Å². The summed E-state index contributed by atoms with van der Waals surface area (Å²) in [4.78, 5) is 94.5. The number of thiophene rings is 2. The quantitative estimate of drug-likeness (QED) is 0.0226. The van der Waals surface area contributed by atoms with E-state index in [1.54, 1.807) is 22.7 Å². The number of piperidine rings is 4. The van der Waals surface area contributed by atoms with E-state index in [0.717, 1.165) is 304 Å². The fourth-order valence-electron chi connectivity index (χ4n) is 25.1. The highest BCUT2D eigenvalue weighted by Crippen LogP contribution is 2.51. The summed E-state index contributed by atoms with van der Waals surface area (Å²) in [5.41, 5.74) is 10.1. The van der Waals surface area contributed by atoms with Crippen LogP contribution in [0.15, 0.2) is 144 Å². The van der Waals surface area contributed by atoms with Crippen LogP contribution >= 0.6 is 69.1 Å². The Morgan fingerprint density at radius 1 is 0.362 bits per heavy atom. The van der Waals surface area contributed by atoms with Gasteiger partial charge in [0.1, 0.15) is 28.1 Å². The monoisotopic (exact) mass is 2130 g/mol. The Labute approximate surface area is 903 Å². The molecule has 0 spiro atoms. The zero-order valence-corrected chi connectivity index (χ0v) is 92.3. The first-order valence-corrected chi connectivity index (χ1v) is 57.3. The minimum absolute atomic E-state index is 0.00361. The molecule has 6 aromatic carbocycles. The number of aromatic nitrogens is 8. The highest BCUT2D eigenvalue weighted by atomic mass is 35.5. The number of carboxylic acids is 3. The topological polar surface area (TPSA) is 309 Å². The number of likely N-dealkylation sites (tertiary alicyclic amines) is 4. The van der Waals surface area contributed by atoms with Crippen LogP contribution in [0.4, 0.5) is 47.1 Å². The number of rotatable bonds is 28. The average Bonchev–Trinajstić information content (AvgIpc) is 1.66. The summed E-state index contributed by atoms with van der Waals surface area (Å²) >= 11 is 29.5. The molecule has 11 aliphatic rings. The van der Waals surface area contributed by atoms with Crippen LogP contribution in [-0.4, -0.2) is 234 Å². The highest BCUT2D eigenvalue weighted by Gasteiger charge is 2.54. The van der Waals surface area contributed by atoms with Gasteiger partial charge in [-0.05, 0) is 356 Å². The van der Waals surface area contributed by atoms with Crippen molar-refractivity contribution in [3.8, 4) is 0 Å². The molecule has 33 heteroatoms. The molecule has 0 bridgehead atoms. The average molecular weight is 2140 g/mol. The van der Waals surface area contributed by atoms with E-state index in [2.05, 4.69) is 191 Å². The number of β-amino-alcohol motifs (C(OH)–C–C–N with tert-alkyl or cyclic N) is 1. The number of aliphatic carboxylic acids is 3. The van der Waals surface area contributed by atoms with E-state index in [1.165, 1.54) is 51.4 Å². The summed E-state index contributed by atoms with van der Waals surface area (Å²) < 4.78 is 1.07. The second-order valence-corrected chi connectivity index (χ2v) is 49.4. The Morgan fingerprint density at radius 2 is 0.671 bits per heavy atom. The number of carboxylic acid groups (broad SMARTS) is 3. The van der Waals surface area contributed by atoms with Gasteiger partial charge in [0.05, 0.1) is 73.7 Å². The molecule has 8 N–H and O–H groups in total. The number of fused-ring (bicyclic) bond motifs is 4. The lowest BCUT2D eigenvalue weighted by Crippen LogP contribution is -2.58. The summed E-state index contributed by atoms with van der Waals surface area (Å²) in [5, 5.41) is 62.5. The van der Waals surface area contributed by atoms with Crippen molar-refractivity contribution < 1.29 is 34.8 Å². The van der Waals surface area contributed by atoms with E-state index < -0.39 is 34.2 Å². The number of anilines is 8. The van der Waals surface area contributed by atoms with Crippen molar-refractivity contribution in [1.29, 1.82) is 0 Å². The van der Waals surface area contributed by atoms with E-state index in [9.17, 15) is 34.8 Å². The molecule has 0 radical (unpaired) electrons. The third-order valence-electron chi connectivity index (χ3n) is 34.8. The Hall–Kier alpha value is -10.2. The summed E-state index contributed by atoms with van der Waals surface area (Å²) in [6.45, 7) is 40.0. The van der Waals surface area contributed by atoms with Crippen LogP contribution in [0.3, 0.4) is 0 Å². The van der Waals surface area contributed by atoms with Crippen molar-refractivity contribution in [3.63, 3.8) is 0 Å². The Kier molecular flexibility index (Phi) is 31.9. The van der Waals surface area contributed by atoms with Gasteiger partial charge in [-0.3, -0.25) is 14.4 Å². The zero-order valence-electron chi connectivity index (χ0n) is 87.6. The van der Waals surface area contributed by atoms with Crippen LogP contribution in [-0.2, 0) is 14.4 Å². The zero-order chi connectivity index (χ0) is 104. The third kappa shape index (κ3) is 23.2. The van der Waals surface area contributed by atoms with Crippen LogP contribution in [0, 0.1) is 91.3 Å². The Bertz CT molecular complexity index is 6630. The summed E-state index contributed by atoms with van der Waals surface area (Å²) in [6.07, 6.45) is 14.5. The maximum Gasteiger partial charge on any atom is 0.309 e. The molecule has 3 saturated carbocycles. The van der Waals surface area contributed by atoms with Gasteiger partial charge >= 0.3 is 17.9 Å².